The minimum Gasteiger partial charge on any atom is -0.390 e. The fraction of sp³-hybridized carbons (Fsp3) is 0.542. The summed E-state index contributed by atoms with van der Waals surface area (Å²) in [6.07, 6.45) is 3.34. The van der Waals surface area contributed by atoms with Gasteiger partial charge in [-0.3, -0.25) is 0 Å². The van der Waals surface area contributed by atoms with Crippen LogP contribution in [-0.4, -0.2) is 73.9 Å². The maximum atomic E-state index is 15.4. The molecule has 0 amide bonds. The Morgan fingerprint density at radius 1 is 1.27 bits per heavy atom. The van der Waals surface area contributed by atoms with E-state index in [9.17, 15) is 18.6 Å². The number of benzene rings is 1. The van der Waals surface area contributed by atoms with E-state index in [0.717, 1.165) is 18.2 Å². The average Bonchev–Trinajstić information content (AvgIpc) is 3.23. The summed E-state index contributed by atoms with van der Waals surface area (Å²) < 4.78 is 42.2. The quantitative estimate of drug-likeness (QED) is 0.440. The molecule has 0 spiro atoms. The first-order valence-corrected chi connectivity index (χ1v) is 14.4. The molecule has 10 nitrogen and oxygen atoms in total. The highest BCUT2D eigenvalue weighted by Gasteiger charge is 2.35. The third-order valence-electron chi connectivity index (χ3n) is 7.15. The molecule has 2 aliphatic rings. The second kappa shape index (κ2) is 9.12. The molecule has 1 fully saturated rings. The predicted octanol–water partition coefficient (Wildman–Crippen LogP) is 2.83. The van der Waals surface area contributed by atoms with E-state index in [1.807, 2.05) is 11.5 Å². The van der Waals surface area contributed by atoms with Crippen LogP contribution in [0.4, 0.5) is 10.3 Å². The molecule has 2 aliphatic heterocycles. The molecule has 0 saturated carbocycles. The number of hydrogen-bond acceptors (Lipinski definition) is 8. The van der Waals surface area contributed by atoms with Gasteiger partial charge in [-0.15, -0.1) is 0 Å². The molecular weight excluding hydrogens is 523 g/mol. The Balaban J connectivity index is 1.55. The highest BCUT2D eigenvalue weighted by atomic mass is 35.5. The van der Waals surface area contributed by atoms with Gasteiger partial charge < -0.3 is 20.1 Å². The first-order chi connectivity index (χ1) is 17.3. The molecule has 3 atom stereocenters. The van der Waals surface area contributed by atoms with E-state index in [1.165, 1.54) is 16.6 Å². The molecule has 3 N–H and O–H groups in total. The fourth-order valence-electron chi connectivity index (χ4n) is 5.27. The monoisotopic (exact) mass is 552 g/mol. The molecule has 1 saturated heterocycles. The van der Waals surface area contributed by atoms with Gasteiger partial charge in [0, 0.05) is 24.7 Å². The van der Waals surface area contributed by atoms with Gasteiger partial charge in [-0.05, 0) is 51.7 Å². The van der Waals surface area contributed by atoms with E-state index in [4.69, 9.17) is 11.6 Å². The zero-order valence-corrected chi connectivity index (χ0v) is 22.6. The standard InChI is InChI=1S/C24H30ClFN6O4S/c1-12-5-6-13-14(9-16(26)20-21(13)32(12)22(29-20)24(2,3)34)19-15(25)10-27-23(30-19)28-17-7-8-31(11-18(17)33)37(4,35)36/h9-10,12,17-18,33-34H,5-8,11H2,1-4H3,(H,27,28,30)/t12-,17?,18-/m1/s1. The molecule has 3 aromatic rings. The maximum absolute atomic E-state index is 15.4. The van der Waals surface area contributed by atoms with E-state index in [1.54, 1.807) is 13.8 Å². The molecule has 37 heavy (non-hydrogen) atoms. The van der Waals surface area contributed by atoms with E-state index >= 15 is 4.39 Å². The van der Waals surface area contributed by atoms with Crippen LogP contribution in [0.3, 0.4) is 0 Å². The van der Waals surface area contributed by atoms with Crippen LogP contribution in [0.2, 0.25) is 5.02 Å². The summed E-state index contributed by atoms with van der Waals surface area (Å²) >= 11 is 6.51. The molecule has 200 valence electrons. The smallest absolute Gasteiger partial charge is 0.223 e. The zero-order chi connectivity index (χ0) is 26.9. The van der Waals surface area contributed by atoms with E-state index in [0.29, 0.717) is 35.4 Å². The van der Waals surface area contributed by atoms with Crippen LogP contribution in [0.1, 0.15) is 51.0 Å². The first kappa shape index (κ1) is 26.2. The lowest BCUT2D eigenvalue weighted by Gasteiger charge is -2.34. The Morgan fingerprint density at radius 2 is 2.00 bits per heavy atom. The highest BCUT2D eigenvalue weighted by Crippen LogP contribution is 2.42. The summed E-state index contributed by atoms with van der Waals surface area (Å²) in [5.74, 6) is 0.0521. The summed E-state index contributed by atoms with van der Waals surface area (Å²) in [6, 6.07) is 0.920. The van der Waals surface area contributed by atoms with Gasteiger partial charge in [0.25, 0.3) is 0 Å². The minimum absolute atomic E-state index is 0.0194. The Labute approximate surface area is 219 Å². The number of nitrogens with one attached hydrogen (secondary N) is 1. The van der Waals surface area contributed by atoms with E-state index < -0.39 is 33.6 Å². The van der Waals surface area contributed by atoms with Gasteiger partial charge in [-0.25, -0.2) is 27.8 Å². The molecule has 2 aromatic heterocycles. The van der Waals surface area contributed by atoms with Crippen molar-refractivity contribution in [3.05, 3.63) is 34.5 Å². The maximum Gasteiger partial charge on any atom is 0.223 e. The minimum atomic E-state index is -3.40. The molecule has 0 bridgehead atoms. The topological polar surface area (TPSA) is 133 Å². The number of aromatic nitrogens is 4. The highest BCUT2D eigenvalue weighted by molar-refractivity contribution is 7.88. The van der Waals surface area contributed by atoms with Crippen molar-refractivity contribution in [1.29, 1.82) is 0 Å². The number of rotatable bonds is 5. The molecule has 1 unspecified atom stereocenters. The van der Waals surface area contributed by atoms with Crippen LogP contribution < -0.4 is 5.32 Å². The number of aliphatic hydroxyl groups excluding tert-OH is 1. The zero-order valence-electron chi connectivity index (χ0n) is 21.0. The van der Waals surface area contributed by atoms with Crippen molar-refractivity contribution < 1.29 is 23.0 Å². The van der Waals surface area contributed by atoms with Crippen LogP contribution in [-0.2, 0) is 22.0 Å². The Bertz CT molecular complexity index is 1490. The molecule has 4 heterocycles. The number of nitrogens with zero attached hydrogens (tertiary/aromatic N) is 5. The first-order valence-electron chi connectivity index (χ1n) is 12.1. The Morgan fingerprint density at radius 3 is 2.65 bits per heavy atom. The van der Waals surface area contributed by atoms with E-state index in [2.05, 4.69) is 20.3 Å². The second-order valence-corrected chi connectivity index (χ2v) is 12.8. The molecule has 1 aromatic carbocycles. The van der Waals surface area contributed by atoms with Gasteiger partial charge >= 0.3 is 0 Å². The van der Waals surface area contributed by atoms with Gasteiger partial charge in [0.05, 0.1) is 40.8 Å². The largest absolute Gasteiger partial charge is 0.390 e. The lowest BCUT2D eigenvalue weighted by Crippen LogP contribution is -2.51. The van der Waals surface area contributed by atoms with Gasteiger partial charge in [-0.2, -0.15) is 4.31 Å². The van der Waals surface area contributed by atoms with Gasteiger partial charge in [0.2, 0.25) is 16.0 Å². The molecule has 5 rings (SSSR count). The lowest BCUT2D eigenvalue weighted by atomic mass is 9.93. The van der Waals surface area contributed by atoms with Gasteiger partial charge in [-0.1, -0.05) is 11.6 Å². The number of β-amino-alcohol motifs (C(OH)–C–C–N with tert-alkyl or cyclic N) is 1. The molecule has 13 heteroatoms. The van der Waals surface area contributed by atoms with Crippen LogP contribution in [0.15, 0.2) is 12.3 Å². The van der Waals surface area contributed by atoms with Crippen LogP contribution >= 0.6 is 11.6 Å². The summed E-state index contributed by atoms with van der Waals surface area (Å²) in [4.78, 5) is 13.3. The average molecular weight is 553 g/mol. The predicted molar refractivity (Wildman–Crippen MR) is 138 cm³/mol. The number of imidazole rings is 1. The number of aryl methyl sites for hydroxylation is 1. The summed E-state index contributed by atoms with van der Waals surface area (Å²) in [5, 5.41) is 24.6. The van der Waals surface area contributed by atoms with Crippen molar-refractivity contribution in [2.45, 2.75) is 63.8 Å². The SMILES string of the molecule is C[C@@H]1CCc2c(-c3nc(NC4CCN(S(C)(=O)=O)C[C@H]4O)ncc3Cl)cc(F)c3nc(C(C)(C)O)n1c23. The van der Waals surface area contributed by atoms with Crippen molar-refractivity contribution >= 4 is 38.6 Å². The Kier molecular flexibility index (Phi) is 6.47. The van der Waals surface area contributed by atoms with Gasteiger partial charge in [0.15, 0.2) is 5.82 Å². The molecular formula is C24H30ClFN6O4S. The Hall–Kier alpha value is -2.38. The summed E-state index contributed by atoms with van der Waals surface area (Å²) in [7, 11) is -3.40. The van der Waals surface area contributed by atoms with Crippen LogP contribution in [0.25, 0.3) is 22.3 Å². The second-order valence-electron chi connectivity index (χ2n) is 10.5. The van der Waals surface area contributed by atoms with Crippen molar-refractivity contribution in [1.82, 2.24) is 23.8 Å². The normalized spacial score (nSPS) is 23.0. The molecule has 0 aliphatic carbocycles. The van der Waals surface area contributed by atoms with Crippen molar-refractivity contribution in [3.8, 4) is 11.3 Å². The summed E-state index contributed by atoms with van der Waals surface area (Å²) in [5.41, 5.74) is 1.26. The van der Waals surface area contributed by atoms with E-state index in [-0.39, 0.29) is 35.6 Å². The third kappa shape index (κ3) is 4.69. The number of sulfonamides is 1. The molecule has 0 radical (unpaired) electrons. The fourth-order valence-corrected chi connectivity index (χ4v) is 6.32. The number of hydrogen-bond donors (Lipinski definition) is 3. The lowest BCUT2D eigenvalue weighted by molar-refractivity contribution is 0.0634. The number of halogens is 2. The summed E-state index contributed by atoms with van der Waals surface area (Å²) in [6.45, 7) is 5.50. The third-order valence-corrected chi connectivity index (χ3v) is 8.69. The number of anilines is 1. The van der Waals surface area contributed by atoms with Crippen LogP contribution in [0, 0.1) is 5.82 Å². The van der Waals surface area contributed by atoms with Crippen molar-refractivity contribution in [2.24, 2.45) is 0 Å². The van der Waals surface area contributed by atoms with Crippen molar-refractivity contribution in [2.75, 3.05) is 24.7 Å². The number of aliphatic hydroxyl groups is 2. The van der Waals surface area contributed by atoms with Crippen molar-refractivity contribution in [3.63, 3.8) is 0 Å². The van der Waals surface area contributed by atoms with Gasteiger partial charge in [0.1, 0.15) is 16.9 Å². The number of piperidine rings is 1. The van der Waals surface area contributed by atoms with Crippen LogP contribution in [0.5, 0.6) is 0 Å².